The highest BCUT2D eigenvalue weighted by molar-refractivity contribution is 4.98. The van der Waals surface area contributed by atoms with Crippen molar-refractivity contribution in [1.29, 1.82) is 0 Å². The first kappa shape index (κ1) is 11.0. The molecule has 0 saturated carbocycles. The van der Waals surface area contributed by atoms with Gasteiger partial charge in [-0.15, -0.1) is 0 Å². The second-order valence-electron chi connectivity index (χ2n) is 5.37. The van der Waals surface area contributed by atoms with Gasteiger partial charge in [0.05, 0.1) is 0 Å². The van der Waals surface area contributed by atoms with Crippen molar-refractivity contribution < 1.29 is 5.11 Å². The van der Waals surface area contributed by atoms with Crippen LogP contribution in [0.15, 0.2) is 0 Å². The van der Waals surface area contributed by atoms with E-state index in [2.05, 4.69) is 32.6 Å². The Morgan fingerprint density at radius 3 is 2.15 bits per heavy atom. The molecular formula is C11H23NO. The first-order chi connectivity index (χ1) is 5.79. The second kappa shape index (κ2) is 3.25. The number of rotatable bonds is 1. The molecule has 1 unspecified atom stereocenters. The molecular weight excluding hydrogens is 162 g/mol. The molecule has 0 bridgehead atoms. The van der Waals surface area contributed by atoms with Crippen LogP contribution in [0.25, 0.3) is 0 Å². The van der Waals surface area contributed by atoms with E-state index in [0.717, 1.165) is 6.54 Å². The summed E-state index contributed by atoms with van der Waals surface area (Å²) in [5, 5.41) is 9.67. The van der Waals surface area contributed by atoms with Gasteiger partial charge in [0.1, 0.15) is 6.23 Å². The zero-order chi connectivity index (χ0) is 10.3. The van der Waals surface area contributed by atoms with E-state index in [1.807, 2.05) is 6.92 Å². The summed E-state index contributed by atoms with van der Waals surface area (Å²) >= 11 is 0. The lowest BCUT2D eigenvalue weighted by atomic mass is 9.68. The molecule has 1 aliphatic heterocycles. The highest BCUT2D eigenvalue weighted by Crippen LogP contribution is 2.43. The van der Waals surface area contributed by atoms with E-state index in [4.69, 9.17) is 0 Å². The minimum atomic E-state index is -0.324. The number of hydrogen-bond acceptors (Lipinski definition) is 2. The van der Waals surface area contributed by atoms with Gasteiger partial charge in [-0.05, 0) is 39.0 Å². The second-order valence-corrected chi connectivity index (χ2v) is 5.37. The summed E-state index contributed by atoms with van der Waals surface area (Å²) in [7, 11) is 0. The summed E-state index contributed by atoms with van der Waals surface area (Å²) in [4.78, 5) is 2.20. The van der Waals surface area contributed by atoms with Crippen molar-refractivity contribution in [2.75, 3.05) is 6.54 Å². The lowest BCUT2D eigenvalue weighted by molar-refractivity contribution is -0.117. The molecule has 0 amide bonds. The Kier molecular flexibility index (Phi) is 2.75. The molecule has 1 rings (SSSR count). The molecule has 1 aliphatic rings. The minimum absolute atomic E-state index is 0.0966. The summed E-state index contributed by atoms with van der Waals surface area (Å²) in [6.07, 6.45) is 2.12. The SMILES string of the molecule is CC(O)N1CCCC(C)(C)C1(C)C. The Labute approximate surface area is 81.9 Å². The third-order valence-corrected chi connectivity index (χ3v) is 4.03. The maximum atomic E-state index is 9.67. The number of aliphatic hydroxyl groups is 1. The standard InChI is InChI=1S/C11H23NO/c1-9(13)12-8-6-7-10(2,3)11(12,4)5/h9,13H,6-8H2,1-5H3. The quantitative estimate of drug-likeness (QED) is 0.677. The average Bonchev–Trinajstić information content (AvgIpc) is 1.94. The fraction of sp³-hybridized carbons (Fsp3) is 1.00. The minimum Gasteiger partial charge on any atom is -0.379 e. The van der Waals surface area contributed by atoms with Crippen molar-refractivity contribution in [2.45, 2.75) is 59.2 Å². The van der Waals surface area contributed by atoms with Gasteiger partial charge in [-0.25, -0.2) is 0 Å². The van der Waals surface area contributed by atoms with Gasteiger partial charge in [0.15, 0.2) is 0 Å². The Morgan fingerprint density at radius 1 is 1.23 bits per heavy atom. The zero-order valence-corrected chi connectivity index (χ0v) is 9.59. The van der Waals surface area contributed by atoms with Crippen molar-refractivity contribution in [2.24, 2.45) is 5.41 Å². The van der Waals surface area contributed by atoms with Gasteiger partial charge in [-0.1, -0.05) is 13.8 Å². The highest BCUT2D eigenvalue weighted by Gasteiger charge is 2.45. The van der Waals surface area contributed by atoms with Crippen LogP contribution in [0, 0.1) is 5.41 Å². The number of piperidine rings is 1. The predicted molar refractivity (Wildman–Crippen MR) is 55.5 cm³/mol. The van der Waals surface area contributed by atoms with Crippen LogP contribution in [0.1, 0.15) is 47.5 Å². The van der Waals surface area contributed by atoms with E-state index in [1.165, 1.54) is 12.8 Å². The normalized spacial score (nSPS) is 30.0. The van der Waals surface area contributed by atoms with Crippen LogP contribution in [0.4, 0.5) is 0 Å². The molecule has 0 radical (unpaired) electrons. The molecule has 13 heavy (non-hydrogen) atoms. The summed E-state index contributed by atoms with van der Waals surface area (Å²) in [5.41, 5.74) is 0.391. The third-order valence-electron chi connectivity index (χ3n) is 4.03. The molecule has 0 aliphatic carbocycles. The van der Waals surface area contributed by atoms with Gasteiger partial charge in [-0.3, -0.25) is 4.90 Å². The lowest BCUT2D eigenvalue weighted by Crippen LogP contribution is -2.60. The Morgan fingerprint density at radius 2 is 1.77 bits per heavy atom. The van der Waals surface area contributed by atoms with Crippen molar-refractivity contribution in [1.82, 2.24) is 4.90 Å². The van der Waals surface area contributed by atoms with Crippen molar-refractivity contribution in [3.05, 3.63) is 0 Å². The van der Waals surface area contributed by atoms with Crippen molar-refractivity contribution >= 4 is 0 Å². The molecule has 1 N–H and O–H groups in total. The molecule has 2 nitrogen and oxygen atoms in total. The highest BCUT2D eigenvalue weighted by atomic mass is 16.3. The average molecular weight is 185 g/mol. The molecule has 2 heteroatoms. The summed E-state index contributed by atoms with van der Waals surface area (Å²) in [5.74, 6) is 0. The van der Waals surface area contributed by atoms with Crippen LogP contribution in [0.5, 0.6) is 0 Å². The van der Waals surface area contributed by atoms with Gasteiger partial charge in [0.2, 0.25) is 0 Å². The van der Waals surface area contributed by atoms with Crippen LogP contribution in [0.2, 0.25) is 0 Å². The molecule has 0 spiro atoms. The monoisotopic (exact) mass is 185 g/mol. The van der Waals surface area contributed by atoms with E-state index in [-0.39, 0.29) is 11.8 Å². The number of hydrogen-bond donors (Lipinski definition) is 1. The first-order valence-electron chi connectivity index (χ1n) is 5.24. The van der Waals surface area contributed by atoms with E-state index in [0.29, 0.717) is 5.41 Å². The molecule has 1 heterocycles. The maximum absolute atomic E-state index is 9.67. The van der Waals surface area contributed by atoms with E-state index >= 15 is 0 Å². The van der Waals surface area contributed by atoms with Crippen LogP contribution in [-0.2, 0) is 0 Å². The van der Waals surface area contributed by atoms with Crippen LogP contribution in [0.3, 0.4) is 0 Å². The fourth-order valence-corrected chi connectivity index (χ4v) is 2.32. The Balaban J connectivity index is 2.88. The largest absolute Gasteiger partial charge is 0.379 e. The predicted octanol–water partition coefficient (Wildman–Crippen LogP) is 2.23. The number of aliphatic hydroxyl groups excluding tert-OH is 1. The fourth-order valence-electron chi connectivity index (χ4n) is 2.32. The van der Waals surface area contributed by atoms with Gasteiger partial charge in [-0.2, -0.15) is 0 Å². The van der Waals surface area contributed by atoms with Crippen LogP contribution in [-0.4, -0.2) is 28.3 Å². The summed E-state index contributed by atoms with van der Waals surface area (Å²) in [6.45, 7) is 11.9. The smallest absolute Gasteiger partial charge is 0.104 e. The first-order valence-corrected chi connectivity index (χ1v) is 5.24. The topological polar surface area (TPSA) is 23.5 Å². The lowest BCUT2D eigenvalue weighted by Gasteiger charge is -2.54. The molecule has 0 aromatic heterocycles. The van der Waals surface area contributed by atoms with Crippen LogP contribution < -0.4 is 0 Å². The summed E-state index contributed by atoms with van der Waals surface area (Å²) < 4.78 is 0. The summed E-state index contributed by atoms with van der Waals surface area (Å²) in [6, 6.07) is 0. The molecule has 0 aromatic carbocycles. The Hall–Kier alpha value is -0.0800. The van der Waals surface area contributed by atoms with Gasteiger partial charge in [0, 0.05) is 12.1 Å². The number of likely N-dealkylation sites (tertiary alicyclic amines) is 1. The van der Waals surface area contributed by atoms with Gasteiger partial charge in [0.25, 0.3) is 0 Å². The van der Waals surface area contributed by atoms with Crippen molar-refractivity contribution in [3.8, 4) is 0 Å². The Bertz CT molecular complexity index is 185. The zero-order valence-electron chi connectivity index (χ0n) is 9.59. The molecule has 1 atom stereocenters. The van der Waals surface area contributed by atoms with E-state index < -0.39 is 0 Å². The third kappa shape index (κ3) is 1.75. The number of nitrogens with zero attached hydrogens (tertiary/aromatic N) is 1. The van der Waals surface area contributed by atoms with Gasteiger partial charge >= 0.3 is 0 Å². The molecule has 1 fully saturated rings. The molecule has 78 valence electrons. The van der Waals surface area contributed by atoms with E-state index in [1.54, 1.807) is 0 Å². The maximum Gasteiger partial charge on any atom is 0.104 e. The van der Waals surface area contributed by atoms with Crippen molar-refractivity contribution in [3.63, 3.8) is 0 Å². The van der Waals surface area contributed by atoms with E-state index in [9.17, 15) is 5.11 Å². The molecule has 0 aromatic rings. The van der Waals surface area contributed by atoms with Gasteiger partial charge < -0.3 is 5.11 Å². The molecule has 1 saturated heterocycles. The van der Waals surface area contributed by atoms with Crippen LogP contribution >= 0.6 is 0 Å².